The Kier molecular flexibility index (Phi) is 4.69. The first-order valence-electron chi connectivity index (χ1n) is 6.24. The molecular weight excluding hydrogens is 314 g/mol. The fourth-order valence-electron chi connectivity index (χ4n) is 1.73. The zero-order valence-corrected chi connectivity index (χ0v) is 11.5. The van der Waals surface area contributed by atoms with Crippen LogP contribution in [-0.4, -0.2) is 16.1 Å². The van der Waals surface area contributed by atoms with E-state index in [1.165, 1.54) is 12.1 Å². The molecule has 0 radical (unpaired) electrons. The maximum absolute atomic E-state index is 14.2. The summed E-state index contributed by atoms with van der Waals surface area (Å²) in [6, 6.07) is 6.66. The smallest absolute Gasteiger partial charge is 0.404 e. The number of non-ortho nitro benzene ring substituents is 1. The molecule has 0 unspecified atom stereocenters. The number of rotatable bonds is 5. The van der Waals surface area contributed by atoms with Crippen LogP contribution in [-0.2, 0) is 6.54 Å². The summed E-state index contributed by atoms with van der Waals surface area (Å²) in [5, 5.41) is 21.0. The Morgan fingerprint density at radius 2 is 1.87 bits per heavy atom. The standard InChI is InChI=1S/C14H10F2N2O5/c15-11-6-1-8(7-17-14(19)20)12(16)13(11)23-10-4-2-9(3-5-10)18(21)22/h1-6,17H,7H2,(H,19,20). The highest BCUT2D eigenvalue weighted by molar-refractivity contribution is 5.64. The van der Waals surface area contributed by atoms with Gasteiger partial charge < -0.3 is 15.2 Å². The second-order valence-electron chi connectivity index (χ2n) is 4.36. The molecule has 0 heterocycles. The van der Waals surface area contributed by atoms with Crippen molar-refractivity contribution in [3.05, 3.63) is 63.7 Å². The topological polar surface area (TPSA) is 102 Å². The lowest BCUT2D eigenvalue weighted by atomic mass is 10.2. The fraction of sp³-hybridized carbons (Fsp3) is 0.0714. The summed E-state index contributed by atoms with van der Waals surface area (Å²) < 4.78 is 33.0. The van der Waals surface area contributed by atoms with Crippen LogP contribution in [0.4, 0.5) is 19.3 Å². The monoisotopic (exact) mass is 324 g/mol. The lowest BCUT2D eigenvalue weighted by Crippen LogP contribution is -2.20. The largest absolute Gasteiger partial charge is 0.465 e. The third-order valence-corrected chi connectivity index (χ3v) is 2.83. The highest BCUT2D eigenvalue weighted by Gasteiger charge is 2.17. The summed E-state index contributed by atoms with van der Waals surface area (Å²) >= 11 is 0. The van der Waals surface area contributed by atoms with Gasteiger partial charge in [0.1, 0.15) is 5.75 Å². The van der Waals surface area contributed by atoms with Crippen molar-refractivity contribution in [2.45, 2.75) is 6.54 Å². The number of carboxylic acid groups (broad SMARTS) is 1. The Morgan fingerprint density at radius 3 is 2.43 bits per heavy atom. The molecule has 0 spiro atoms. The SMILES string of the molecule is O=C(O)NCc1ccc(F)c(Oc2ccc([N+](=O)[O-])cc2)c1F. The van der Waals surface area contributed by atoms with Gasteiger partial charge in [0.2, 0.25) is 0 Å². The normalized spacial score (nSPS) is 10.2. The Bertz CT molecular complexity index is 750. The van der Waals surface area contributed by atoms with Gasteiger partial charge in [0, 0.05) is 24.2 Å². The van der Waals surface area contributed by atoms with E-state index in [4.69, 9.17) is 9.84 Å². The van der Waals surface area contributed by atoms with Crippen LogP contribution in [0.15, 0.2) is 36.4 Å². The number of nitrogens with zero attached hydrogens (tertiary/aromatic N) is 1. The number of carbonyl (C=O) groups is 1. The Morgan fingerprint density at radius 1 is 1.22 bits per heavy atom. The zero-order valence-electron chi connectivity index (χ0n) is 11.5. The van der Waals surface area contributed by atoms with Crippen molar-refractivity contribution in [1.29, 1.82) is 0 Å². The molecule has 2 N–H and O–H groups in total. The second-order valence-corrected chi connectivity index (χ2v) is 4.36. The van der Waals surface area contributed by atoms with Crippen molar-refractivity contribution in [2.75, 3.05) is 0 Å². The molecule has 23 heavy (non-hydrogen) atoms. The summed E-state index contributed by atoms with van der Waals surface area (Å²) in [4.78, 5) is 20.3. The van der Waals surface area contributed by atoms with Gasteiger partial charge in [-0.05, 0) is 18.2 Å². The van der Waals surface area contributed by atoms with Gasteiger partial charge in [-0.2, -0.15) is 0 Å². The van der Waals surface area contributed by atoms with E-state index in [1.807, 2.05) is 5.32 Å². The van der Waals surface area contributed by atoms with Gasteiger partial charge in [-0.15, -0.1) is 0 Å². The predicted octanol–water partition coefficient (Wildman–Crippen LogP) is 3.43. The summed E-state index contributed by atoms with van der Waals surface area (Å²) in [6.45, 7) is -0.363. The number of nitrogens with one attached hydrogen (secondary N) is 1. The number of amides is 1. The number of hydrogen-bond donors (Lipinski definition) is 2. The van der Waals surface area contributed by atoms with Crippen molar-refractivity contribution >= 4 is 11.8 Å². The molecule has 0 saturated carbocycles. The average molecular weight is 324 g/mol. The number of halogens is 2. The minimum atomic E-state index is -1.36. The lowest BCUT2D eigenvalue weighted by molar-refractivity contribution is -0.384. The molecule has 7 nitrogen and oxygen atoms in total. The molecule has 0 aliphatic heterocycles. The van der Waals surface area contributed by atoms with E-state index in [-0.39, 0.29) is 23.5 Å². The van der Waals surface area contributed by atoms with Gasteiger partial charge in [0.05, 0.1) is 4.92 Å². The van der Waals surface area contributed by atoms with Crippen molar-refractivity contribution in [2.24, 2.45) is 0 Å². The van der Waals surface area contributed by atoms with E-state index in [1.54, 1.807) is 0 Å². The molecule has 9 heteroatoms. The van der Waals surface area contributed by atoms with Gasteiger partial charge in [0.15, 0.2) is 17.4 Å². The molecule has 0 saturated heterocycles. The molecular formula is C14H10F2N2O5. The Balaban J connectivity index is 2.26. The molecule has 2 aromatic rings. The summed E-state index contributed by atoms with van der Waals surface area (Å²) in [5.41, 5.74) is -0.302. The second kappa shape index (κ2) is 6.69. The van der Waals surface area contributed by atoms with E-state index in [2.05, 4.69) is 0 Å². The van der Waals surface area contributed by atoms with Gasteiger partial charge in [-0.3, -0.25) is 10.1 Å². The third kappa shape index (κ3) is 3.90. The first kappa shape index (κ1) is 16.1. The van der Waals surface area contributed by atoms with Gasteiger partial charge in [0.25, 0.3) is 5.69 Å². The van der Waals surface area contributed by atoms with Crippen LogP contribution < -0.4 is 10.1 Å². The predicted molar refractivity (Wildman–Crippen MR) is 74.4 cm³/mol. The van der Waals surface area contributed by atoms with Gasteiger partial charge >= 0.3 is 6.09 Å². The Hall–Kier alpha value is -3.23. The highest BCUT2D eigenvalue weighted by Crippen LogP contribution is 2.30. The molecule has 1 amide bonds. The average Bonchev–Trinajstić information content (AvgIpc) is 2.51. The molecule has 2 aromatic carbocycles. The van der Waals surface area contributed by atoms with Crippen molar-refractivity contribution in [3.8, 4) is 11.5 Å². The molecule has 0 aromatic heterocycles. The molecule has 120 valence electrons. The zero-order chi connectivity index (χ0) is 17.0. The maximum Gasteiger partial charge on any atom is 0.404 e. The Labute approximate surface area is 128 Å². The molecule has 0 aliphatic rings. The van der Waals surface area contributed by atoms with Crippen LogP contribution in [0.2, 0.25) is 0 Å². The molecule has 0 aliphatic carbocycles. The maximum atomic E-state index is 14.2. The third-order valence-electron chi connectivity index (χ3n) is 2.83. The van der Waals surface area contributed by atoms with Crippen LogP contribution in [0.5, 0.6) is 11.5 Å². The van der Waals surface area contributed by atoms with Crippen LogP contribution >= 0.6 is 0 Å². The highest BCUT2D eigenvalue weighted by atomic mass is 19.1. The molecule has 0 bridgehead atoms. The summed E-state index contributed by atoms with van der Waals surface area (Å²) in [7, 11) is 0. The van der Waals surface area contributed by atoms with Crippen LogP contribution in [0.1, 0.15) is 5.56 Å². The molecule has 0 fully saturated rings. The summed E-state index contributed by atoms with van der Waals surface area (Å²) in [6.07, 6.45) is -1.36. The van der Waals surface area contributed by atoms with E-state index in [9.17, 15) is 23.7 Å². The number of nitro groups is 1. The summed E-state index contributed by atoms with van der Waals surface area (Å²) in [5.74, 6) is -2.77. The minimum absolute atomic E-state index is 0.00302. The van der Waals surface area contributed by atoms with Gasteiger partial charge in [-0.25, -0.2) is 13.6 Å². The van der Waals surface area contributed by atoms with Crippen molar-refractivity contribution in [3.63, 3.8) is 0 Å². The van der Waals surface area contributed by atoms with Crippen LogP contribution in [0.3, 0.4) is 0 Å². The van der Waals surface area contributed by atoms with E-state index in [0.717, 1.165) is 24.3 Å². The molecule has 0 atom stereocenters. The number of nitro benzene ring substituents is 1. The van der Waals surface area contributed by atoms with E-state index < -0.39 is 28.4 Å². The number of hydrogen-bond acceptors (Lipinski definition) is 4. The van der Waals surface area contributed by atoms with Crippen molar-refractivity contribution < 1.29 is 28.3 Å². The quantitative estimate of drug-likeness (QED) is 0.648. The van der Waals surface area contributed by atoms with Crippen LogP contribution in [0.25, 0.3) is 0 Å². The van der Waals surface area contributed by atoms with E-state index >= 15 is 0 Å². The van der Waals surface area contributed by atoms with Crippen LogP contribution in [0, 0.1) is 21.7 Å². The van der Waals surface area contributed by atoms with Gasteiger partial charge in [-0.1, -0.05) is 6.07 Å². The number of ether oxygens (including phenoxy) is 1. The minimum Gasteiger partial charge on any atom is -0.465 e. The fourth-order valence-corrected chi connectivity index (χ4v) is 1.73. The number of benzene rings is 2. The lowest BCUT2D eigenvalue weighted by Gasteiger charge is -2.11. The molecule has 2 rings (SSSR count). The van der Waals surface area contributed by atoms with E-state index in [0.29, 0.717) is 0 Å². The first-order valence-corrected chi connectivity index (χ1v) is 6.24. The first-order chi connectivity index (χ1) is 10.9. The van der Waals surface area contributed by atoms with Crippen molar-refractivity contribution in [1.82, 2.24) is 5.32 Å².